The van der Waals surface area contributed by atoms with Gasteiger partial charge in [-0.25, -0.2) is 0 Å². The highest BCUT2D eigenvalue weighted by Crippen LogP contribution is 2.21. The third-order valence-electron chi connectivity index (χ3n) is 3.32. The van der Waals surface area contributed by atoms with Crippen LogP contribution in [-0.4, -0.2) is 25.5 Å². The van der Waals surface area contributed by atoms with Crippen molar-refractivity contribution < 1.29 is 14.3 Å². The summed E-state index contributed by atoms with van der Waals surface area (Å²) in [7, 11) is 1.53. The summed E-state index contributed by atoms with van der Waals surface area (Å²) >= 11 is 0. The number of ether oxygens (including phenoxy) is 1. The summed E-state index contributed by atoms with van der Waals surface area (Å²) < 4.78 is 5.14. The van der Waals surface area contributed by atoms with Crippen LogP contribution in [0.3, 0.4) is 0 Å². The molecule has 0 bridgehead atoms. The molecular weight excluding hydrogens is 306 g/mol. The van der Waals surface area contributed by atoms with Crippen molar-refractivity contribution in [2.24, 2.45) is 0 Å². The minimum Gasteiger partial charge on any atom is -0.497 e. The third kappa shape index (κ3) is 4.34. The van der Waals surface area contributed by atoms with Gasteiger partial charge in [-0.2, -0.15) is 5.26 Å². The number of benzene rings is 2. The second-order valence-electron chi connectivity index (χ2n) is 5.05. The Kier molecular flexibility index (Phi) is 5.53. The molecule has 0 heterocycles. The highest BCUT2D eigenvalue weighted by atomic mass is 16.5. The van der Waals surface area contributed by atoms with Crippen LogP contribution in [-0.2, 0) is 9.59 Å². The van der Waals surface area contributed by atoms with Gasteiger partial charge in [-0.1, -0.05) is 12.1 Å². The summed E-state index contributed by atoms with van der Waals surface area (Å²) in [6.45, 7) is 1.25. The number of nitriles is 1. The van der Waals surface area contributed by atoms with Crippen molar-refractivity contribution in [1.29, 1.82) is 5.26 Å². The fraction of sp³-hybridized carbons (Fsp3) is 0.167. The summed E-state index contributed by atoms with van der Waals surface area (Å²) in [5.74, 6) is -0.0202. The van der Waals surface area contributed by atoms with E-state index in [2.05, 4.69) is 5.32 Å². The maximum absolute atomic E-state index is 12.2. The Morgan fingerprint density at radius 3 is 2.62 bits per heavy atom. The molecule has 122 valence electrons. The molecule has 0 saturated carbocycles. The van der Waals surface area contributed by atoms with Crippen molar-refractivity contribution in [3.63, 3.8) is 0 Å². The molecule has 0 unspecified atom stereocenters. The maximum Gasteiger partial charge on any atom is 0.244 e. The molecular formula is C18H17N3O3. The Morgan fingerprint density at radius 2 is 1.96 bits per heavy atom. The van der Waals surface area contributed by atoms with Gasteiger partial charge in [0.2, 0.25) is 11.8 Å². The van der Waals surface area contributed by atoms with E-state index >= 15 is 0 Å². The summed E-state index contributed by atoms with van der Waals surface area (Å²) in [4.78, 5) is 25.5. The summed E-state index contributed by atoms with van der Waals surface area (Å²) in [6, 6.07) is 15.5. The first-order chi connectivity index (χ1) is 11.5. The van der Waals surface area contributed by atoms with Crippen LogP contribution in [0.15, 0.2) is 48.5 Å². The van der Waals surface area contributed by atoms with Gasteiger partial charge in [0.25, 0.3) is 0 Å². The Morgan fingerprint density at radius 1 is 1.21 bits per heavy atom. The molecule has 2 aromatic carbocycles. The van der Waals surface area contributed by atoms with E-state index in [1.165, 1.54) is 18.9 Å². The molecule has 2 aromatic rings. The van der Waals surface area contributed by atoms with E-state index < -0.39 is 0 Å². The van der Waals surface area contributed by atoms with Gasteiger partial charge in [-0.3, -0.25) is 9.59 Å². The summed E-state index contributed by atoms with van der Waals surface area (Å²) in [6.07, 6.45) is 0. The molecule has 2 amide bonds. The van der Waals surface area contributed by atoms with Crippen molar-refractivity contribution >= 4 is 23.2 Å². The van der Waals surface area contributed by atoms with Crippen LogP contribution in [0.2, 0.25) is 0 Å². The highest BCUT2D eigenvalue weighted by Gasteiger charge is 2.16. The molecule has 2 rings (SSSR count). The third-order valence-corrected chi connectivity index (χ3v) is 3.32. The molecule has 0 atom stereocenters. The summed E-state index contributed by atoms with van der Waals surface area (Å²) in [5, 5.41) is 11.6. The van der Waals surface area contributed by atoms with Gasteiger partial charge in [0.15, 0.2) is 0 Å². The number of hydrogen-bond acceptors (Lipinski definition) is 4. The first-order valence-electron chi connectivity index (χ1n) is 7.25. The van der Waals surface area contributed by atoms with E-state index in [-0.39, 0.29) is 18.4 Å². The topological polar surface area (TPSA) is 82.4 Å². The maximum atomic E-state index is 12.2. The van der Waals surface area contributed by atoms with Crippen LogP contribution < -0.4 is 15.0 Å². The normalized spacial score (nSPS) is 9.71. The molecule has 0 aliphatic carbocycles. The quantitative estimate of drug-likeness (QED) is 0.916. The first-order valence-corrected chi connectivity index (χ1v) is 7.25. The van der Waals surface area contributed by atoms with Gasteiger partial charge in [0.05, 0.1) is 18.7 Å². The number of anilines is 2. The Labute approximate surface area is 140 Å². The van der Waals surface area contributed by atoms with Gasteiger partial charge in [0.1, 0.15) is 12.3 Å². The van der Waals surface area contributed by atoms with Crippen molar-refractivity contribution in [2.45, 2.75) is 6.92 Å². The Bertz CT molecular complexity index is 796. The zero-order valence-corrected chi connectivity index (χ0v) is 13.4. The average Bonchev–Trinajstić information content (AvgIpc) is 2.59. The summed E-state index contributed by atoms with van der Waals surface area (Å²) in [5.41, 5.74) is 1.53. The average molecular weight is 323 g/mol. The van der Waals surface area contributed by atoms with Crippen LogP contribution in [0.1, 0.15) is 12.5 Å². The Balaban J connectivity index is 2.13. The zero-order valence-electron chi connectivity index (χ0n) is 13.4. The number of nitrogens with zero attached hydrogens (tertiary/aromatic N) is 2. The number of methoxy groups -OCH3 is 1. The largest absolute Gasteiger partial charge is 0.497 e. The van der Waals surface area contributed by atoms with Crippen LogP contribution in [0.4, 0.5) is 11.4 Å². The minimum absolute atomic E-state index is 0.140. The van der Waals surface area contributed by atoms with E-state index in [1.807, 2.05) is 6.07 Å². The van der Waals surface area contributed by atoms with Crippen LogP contribution >= 0.6 is 0 Å². The fourth-order valence-corrected chi connectivity index (χ4v) is 2.17. The lowest BCUT2D eigenvalue weighted by atomic mass is 10.2. The van der Waals surface area contributed by atoms with Crippen LogP contribution in [0, 0.1) is 11.3 Å². The highest BCUT2D eigenvalue weighted by molar-refractivity contribution is 6.01. The molecule has 0 radical (unpaired) electrons. The second-order valence-corrected chi connectivity index (χ2v) is 5.05. The van der Waals surface area contributed by atoms with Crippen molar-refractivity contribution in [3.05, 3.63) is 54.1 Å². The molecule has 0 aliphatic heterocycles. The molecule has 0 fully saturated rings. The molecule has 0 spiro atoms. The predicted octanol–water partition coefficient (Wildman–Crippen LogP) is 2.56. The standard InChI is InChI=1S/C18H17N3O3/c1-13(22)21(16-7-4-8-17(10-16)24-2)12-18(23)20-15-6-3-5-14(9-15)11-19/h3-10H,12H2,1-2H3,(H,20,23). The molecule has 6 nitrogen and oxygen atoms in total. The van der Waals surface area contributed by atoms with Gasteiger partial charge < -0.3 is 15.0 Å². The predicted molar refractivity (Wildman–Crippen MR) is 90.8 cm³/mol. The van der Waals surface area contributed by atoms with Crippen molar-refractivity contribution in [3.8, 4) is 11.8 Å². The number of amides is 2. The van der Waals surface area contributed by atoms with Crippen molar-refractivity contribution in [2.75, 3.05) is 23.9 Å². The molecule has 24 heavy (non-hydrogen) atoms. The lowest BCUT2D eigenvalue weighted by Crippen LogP contribution is -2.36. The number of rotatable bonds is 5. The monoisotopic (exact) mass is 323 g/mol. The smallest absolute Gasteiger partial charge is 0.244 e. The second kappa shape index (κ2) is 7.79. The minimum atomic E-state index is -0.358. The van der Waals surface area contributed by atoms with Crippen LogP contribution in [0.25, 0.3) is 0 Å². The van der Waals surface area contributed by atoms with E-state index in [9.17, 15) is 9.59 Å². The van der Waals surface area contributed by atoms with Gasteiger partial charge in [0, 0.05) is 24.4 Å². The van der Waals surface area contributed by atoms with E-state index in [0.717, 1.165) is 0 Å². The van der Waals surface area contributed by atoms with E-state index in [1.54, 1.807) is 48.5 Å². The Hall–Kier alpha value is -3.33. The van der Waals surface area contributed by atoms with Gasteiger partial charge >= 0.3 is 0 Å². The molecule has 1 N–H and O–H groups in total. The number of nitrogens with one attached hydrogen (secondary N) is 1. The van der Waals surface area contributed by atoms with Gasteiger partial charge in [-0.15, -0.1) is 0 Å². The molecule has 0 aliphatic rings. The molecule has 6 heteroatoms. The molecule has 0 saturated heterocycles. The number of carbonyl (C=O) groups excluding carboxylic acids is 2. The van der Waals surface area contributed by atoms with E-state index in [0.29, 0.717) is 22.7 Å². The number of hydrogen-bond donors (Lipinski definition) is 1. The van der Waals surface area contributed by atoms with E-state index in [4.69, 9.17) is 10.00 Å². The number of carbonyl (C=O) groups is 2. The van der Waals surface area contributed by atoms with Crippen LogP contribution in [0.5, 0.6) is 5.75 Å². The molecule has 0 aromatic heterocycles. The van der Waals surface area contributed by atoms with Crippen molar-refractivity contribution in [1.82, 2.24) is 0 Å². The fourth-order valence-electron chi connectivity index (χ4n) is 2.17. The van der Waals surface area contributed by atoms with Gasteiger partial charge in [-0.05, 0) is 30.3 Å². The lowest BCUT2D eigenvalue weighted by Gasteiger charge is -2.21. The first kappa shape index (κ1) is 17.0. The lowest BCUT2D eigenvalue weighted by molar-refractivity contribution is -0.120. The zero-order chi connectivity index (χ0) is 17.5. The SMILES string of the molecule is COc1cccc(N(CC(=O)Nc2cccc(C#N)c2)C(C)=O)c1.